The highest BCUT2D eigenvalue weighted by molar-refractivity contribution is 5.69. The van der Waals surface area contributed by atoms with Crippen LogP contribution in [0.1, 0.15) is 40.0 Å². The molecule has 0 aliphatic carbocycles. The molecule has 0 unspecified atom stereocenters. The van der Waals surface area contributed by atoms with Crippen molar-refractivity contribution < 1.29 is 19.6 Å². The largest absolute Gasteiger partial charge is 0.444 e. The summed E-state index contributed by atoms with van der Waals surface area (Å²) in [4.78, 5) is 24.1. The van der Waals surface area contributed by atoms with E-state index in [9.17, 15) is 14.9 Å². The van der Waals surface area contributed by atoms with Gasteiger partial charge >= 0.3 is 6.09 Å². The van der Waals surface area contributed by atoms with Crippen molar-refractivity contribution in [3.05, 3.63) is 10.1 Å². The SMILES string of the molecule is CC(C)(C)OC(=O)N1CCC[C@H]1[C@H](CCO)C[N+](=O)[O-]. The average Bonchev–Trinajstić information content (AvgIpc) is 2.74. The summed E-state index contributed by atoms with van der Waals surface area (Å²) in [5, 5.41) is 19.8. The summed E-state index contributed by atoms with van der Waals surface area (Å²) in [6, 6.07) is -0.220. The topological polar surface area (TPSA) is 92.9 Å². The zero-order chi connectivity index (χ0) is 15.3. The molecule has 1 amide bonds. The van der Waals surface area contributed by atoms with Crippen LogP contribution < -0.4 is 0 Å². The molecule has 0 aromatic heterocycles. The molecule has 1 aliphatic heterocycles. The smallest absolute Gasteiger partial charge is 0.410 e. The number of nitrogens with zero attached hydrogens (tertiary/aromatic N) is 2. The van der Waals surface area contributed by atoms with Crippen LogP contribution in [0.3, 0.4) is 0 Å². The number of carbonyl (C=O) groups excluding carboxylic acids is 1. The van der Waals surface area contributed by atoms with E-state index >= 15 is 0 Å². The van der Waals surface area contributed by atoms with Crippen molar-refractivity contribution in [2.45, 2.75) is 51.7 Å². The van der Waals surface area contributed by atoms with Gasteiger partial charge in [0.1, 0.15) is 5.60 Å². The first-order valence-corrected chi connectivity index (χ1v) is 6.97. The van der Waals surface area contributed by atoms with Crippen LogP contribution in [0.4, 0.5) is 4.79 Å². The summed E-state index contributed by atoms with van der Waals surface area (Å²) < 4.78 is 5.34. The summed E-state index contributed by atoms with van der Waals surface area (Å²) in [7, 11) is 0. The molecular weight excluding hydrogens is 264 g/mol. The minimum absolute atomic E-state index is 0.114. The van der Waals surface area contributed by atoms with Gasteiger partial charge in [-0.2, -0.15) is 0 Å². The predicted octanol–water partition coefficient (Wildman–Crippen LogP) is 1.66. The van der Waals surface area contributed by atoms with Gasteiger partial charge in [0, 0.05) is 30.0 Å². The summed E-state index contributed by atoms with van der Waals surface area (Å²) in [6.07, 6.45) is 1.43. The first kappa shape index (κ1) is 16.7. The van der Waals surface area contributed by atoms with Crippen LogP contribution >= 0.6 is 0 Å². The number of aliphatic hydroxyl groups excluding tert-OH is 1. The molecule has 1 aliphatic rings. The van der Waals surface area contributed by atoms with Crippen LogP contribution in [0.15, 0.2) is 0 Å². The normalized spacial score (nSPS) is 20.8. The zero-order valence-corrected chi connectivity index (χ0v) is 12.4. The van der Waals surface area contributed by atoms with E-state index in [0.717, 1.165) is 12.8 Å². The minimum atomic E-state index is -0.584. The van der Waals surface area contributed by atoms with Gasteiger partial charge in [0.25, 0.3) is 0 Å². The molecule has 0 saturated carbocycles. The number of aliphatic hydroxyl groups is 1. The molecule has 7 nitrogen and oxygen atoms in total. The van der Waals surface area contributed by atoms with E-state index in [-0.39, 0.29) is 30.0 Å². The highest BCUT2D eigenvalue weighted by Gasteiger charge is 2.38. The van der Waals surface area contributed by atoms with E-state index in [0.29, 0.717) is 13.0 Å². The molecule has 1 heterocycles. The third-order valence-electron chi connectivity index (χ3n) is 3.35. The number of nitro groups is 1. The second-order valence-electron chi connectivity index (χ2n) is 6.17. The predicted molar refractivity (Wildman–Crippen MR) is 73.0 cm³/mol. The molecule has 1 saturated heterocycles. The maximum absolute atomic E-state index is 12.1. The second kappa shape index (κ2) is 6.88. The molecule has 1 N–H and O–H groups in total. The van der Waals surface area contributed by atoms with Crippen molar-refractivity contribution >= 4 is 6.09 Å². The van der Waals surface area contributed by atoms with Crippen LogP contribution in [0.5, 0.6) is 0 Å². The van der Waals surface area contributed by atoms with Crippen molar-refractivity contribution in [3.63, 3.8) is 0 Å². The highest BCUT2D eigenvalue weighted by atomic mass is 16.6. The quantitative estimate of drug-likeness (QED) is 0.613. The van der Waals surface area contributed by atoms with E-state index in [4.69, 9.17) is 9.84 Å². The van der Waals surface area contributed by atoms with Gasteiger partial charge in [0.2, 0.25) is 6.54 Å². The van der Waals surface area contributed by atoms with Gasteiger partial charge in [0.15, 0.2) is 0 Å². The molecule has 1 fully saturated rings. The molecule has 116 valence electrons. The summed E-state index contributed by atoms with van der Waals surface area (Å²) >= 11 is 0. The molecule has 20 heavy (non-hydrogen) atoms. The number of carbonyl (C=O) groups is 1. The molecule has 7 heteroatoms. The van der Waals surface area contributed by atoms with Gasteiger partial charge in [-0.15, -0.1) is 0 Å². The summed E-state index contributed by atoms with van der Waals surface area (Å²) in [6.45, 7) is 5.58. The van der Waals surface area contributed by atoms with Gasteiger partial charge in [-0.1, -0.05) is 0 Å². The Morgan fingerprint density at radius 3 is 2.70 bits per heavy atom. The number of hydrogen-bond donors (Lipinski definition) is 1. The highest BCUT2D eigenvalue weighted by Crippen LogP contribution is 2.28. The van der Waals surface area contributed by atoms with Crippen LogP contribution in [0.25, 0.3) is 0 Å². The lowest BCUT2D eigenvalue weighted by Crippen LogP contribution is -2.44. The van der Waals surface area contributed by atoms with Crippen LogP contribution in [-0.4, -0.2) is 52.4 Å². The van der Waals surface area contributed by atoms with Gasteiger partial charge in [-0.25, -0.2) is 4.79 Å². The fourth-order valence-electron chi connectivity index (χ4n) is 2.59. The Morgan fingerprint density at radius 2 is 2.20 bits per heavy atom. The molecule has 1 rings (SSSR count). The number of rotatable bonds is 5. The lowest BCUT2D eigenvalue weighted by molar-refractivity contribution is -0.489. The zero-order valence-electron chi connectivity index (χ0n) is 12.4. The second-order valence-corrected chi connectivity index (χ2v) is 6.17. The number of ether oxygens (including phenoxy) is 1. The monoisotopic (exact) mass is 288 g/mol. The minimum Gasteiger partial charge on any atom is -0.444 e. The standard InChI is InChI=1S/C13H24N2O5/c1-13(2,3)20-12(17)14-7-4-5-11(14)10(6-8-16)9-15(18)19/h10-11,16H,4-9H2,1-3H3/t10-,11+/m1/s1. The maximum Gasteiger partial charge on any atom is 0.410 e. The Labute approximate surface area is 119 Å². The molecular formula is C13H24N2O5. The van der Waals surface area contributed by atoms with Crippen LogP contribution in [0.2, 0.25) is 0 Å². The van der Waals surface area contributed by atoms with E-state index in [1.165, 1.54) is 0 Å². The third-order valence-corrected chi connectivity index (χ3v) is 3.35. The average molecular weight is 288 g/mol. The Hall–Kier alpha value is -1.37. The van der Waals surface area contributed by atoms with Gasteiger partial charge in [-0.05, 0) is 40.0 Å². The van der Waals surface area contributed by atoms with E-state index < -0.39 is 11.7 Å². The number of likely N-dealkylation sites (tertiary alicyclic amines) is 1. The van der Waals surface area contributed by atoms with Crippen molar-refractivity contribution in [1.82, 2.24) is 4.90 Å². The van der Waals surface area contributed by atoms with E-state index in [1.807, 2.05) is 0 Å². The number of hydrogen-bond acceptors (Lipinski definition) is 5. The molecule has 2 atom stereocenters. The Kier molecular flexibility index (Phi) is 5.74. The molecule has 0 aromatic rings. The lowest BCUT2D eigenvalue weighted by Gasteiger charge is -2.31. The summed E-state index contributed by atoms with van der Waals surface area (Å²) in [5.41, 5.74) is -0.584. The van der Waals surface area contributed by atoms with Gasteiger partial charge in [0.05, 0.1) is 0 Å². The molecule has 0 bridgehead atoms. The van der Waals surface area contributed by atoms with Crippen LogP contribution in [0, 0.1) is 16.0 Å². The van der Waals surface area contributed by atoms with E-state index in [1.54, 1.807) is 25.7 Å². The fourth-order valence-corrected chi connectivity index (χ4v) is 2.59. The lowest BCUT2D eigenvalue weighted by atomic mass is 9.94. The molecule has 0 spiro atoms. The fraction of sp³-hybridized carbons (Fsp3) is 0.923. The van der Waals surface area contributed by atoms with Gasteiger partial charge < -0.3 is 14.7 Å². The first-order chi connectivity index (χ1) is 9.24. The molecule has 0 aromatic carbocycles. The number of amides is 1. The maximum atomic E-state index is 12.1. The van der Waals surface area contributed by atoms with Crippen molar-refractivity contribution in [2.24, 2.45) is 5.92 Å². The van der Waals surface area contributed by atoms with Crippen LogP contribution in [-0.2, 0) is 4.74 Å². The van der Waals surface area contributed by atoms with Crippen molar-refractivity contribution in [3.8, 4) is 0 Å². The third kappa shape index (κ3) is 4.96. The van der Waals surface area contributed by atoms with Crippen molar-refractivity contribution in [1.29, 1.82) is 0 Å². The summed E-state index contributed by atoms with van der Waals surface area (Å²) in [5.74, 6) is -0.329. The van der Waals surface area contributed by atoms with Gasteiger partial charge in [-0.3, -0.25) is 10.1 Å². The molecule has 0 radical (unpaired) electrons. The Morgan fingerprint density at radius 1 is 1.55 bits per heavy atom. The Bertz CT molecular complexity index is 353. The first-order valence-electron chi connectivity index (χ1n) is 6.97. The Balaban J connectivity index is 2.75. The van der Waals surface area contributed by atoms with Crippen molar-refractivity contribution in [2.75, 3.05) is 19.7 Å². The van der Waals surface area contributed by atoms with E-state index in [2.05, 4.69) is 0 Å².